The van der Waals surface area contributed by atoms with Crippen LogP contribution in [0.15, 0.2) is 47.0 Å². The Balaban J connectivity index is 1.64. The van der Waals surface area contributed by atoms with E-state index in [4.69, 9.17) is 9.26 Å². The van der Waals surface area contributed by atoms with E-state index in [0.717, 1.165) is 22.4 Å². The number of ether oxygens (including phenoxy) is 1. The summed E-state index contributed by atoms with van der Waals surface area (Å²) in [5, 5.41) is 9.75. The summed E-state index contributed by atoms with van der Waals surface area (Å²) >= 11 is 0. The highest BCUT2D eigenvalue weighted by Gasteiger charge is 2.15. The van der Waals surface area contributed by atoms with E-state index < -0.39 is 0 Å². The molecule has 0 saturated carbocycles. The van der Waals surface area contributed by atoms with Gasteiger partial charge in [-0.25, -0.2) is 4.79 Å². The normalized spacial score (nSPS) is 11.9. The van der Waals surface area contributed by atoms with Crippen molar-refractivity contribution < 1.29 is 14.1 Å². The summed E-state index contributed by atoms with van der Waals surface area (Å²) in [4.78, 5) is 16.8. The molecule has 7 heteroatoms. The van der Waals surface area contributed by atoms with Gasteiger partial charge in [0.1, 0.15) is 5.75 Å². The highest BCUT2D eigenvalue weighted by Crippen LogP contribution is 2.26. The number of rotatable bonds is 6. The molecule has 0 spiro atoms. The minimum atomic E-state index is -0.298. The fraction of sp³-hybridized carbons (Fsp3) is 0.318. The first kappa shape index (κ1) is 20.4. The number of urea groups is 1. The third-order valence-corrected chi connectivity index (χ3v) is 4.55. The Bertz CT molecular complexity index is 980. The highest BCUT2D eigenvalue weighted by atomic mass is 16.5. The zero-order valence-corrected chi connectivity index (χ0v) is 17.3. The zero-order chi connectivity index (χ0) is 21.0. The molecule has 0 saturated heterocycles. The maximum Gasteiger partial charge on any atom is 0.319 e. The summed E-state index contributed by atoms with van der Waals surface area (Å²) < 4.78 is 10.7. The van der Waals surface area contributed by atoms with E-state index in [-0.39, 0.29) is 18.0 Å². The topological polar surface area (TPSA) is 89.3 Å². The van der Waals surface area contributed by atoms with Crippen molar-refractivity contribution in [2.75, 3.05) is 12.4 Å². The fourth-order valence-electron chi connectivity index (χ4n) is 2.92. The predicted molar refractivity (Wildman–Crippen MR) is 112 cm³/mol. The number of hydrogen-bond donors (Lipinski definition) is 2. The van der Waals surface area contributed by atoms with Crippen LogP contribution in [0.5, 0.6) is 5.75 Å². The Morgan fingerprint density at radius 3 is 2.45 bits per heavy atom. The van der Waals surface area contributed by atoms with Gasteiger partial charge in [-0.05, 0) is 44.2 Å². The van der Waals surface area contributed by atoms with Crippen LogP contribution in [0.3, 0.4) is 0 Å². The summed E-state index contributed by atoms with van der Waals surface area (Å²) in [5.74, 6) is 2.08. The van der Waals surface area contributed by atoms with Crippen molar-refractivity contribution >= 4 is 11.7 Å². The van der Waals surface area contributed by atoms with Crippen molar-refractivity contribution in [1.82, 2.24) is 15.5 Å². The number of nitrogens with one attached hydrogen (secondary N) is 2. The molecular weight excluding hydrogens is 368 g/mol. The smallest absolute Gasteiger partial charge is 0.319 e. The van der Waals surface area contributed by atoms with Crippen LogP contribution in [0.25, 0.3) is 11.5 Å². The molecule has 1 aromatic heterocycles. The SMILES string of the molecule is COc1ccc(C)cc1C(C)NC(=O)Nc1ccc(-c2nc(C(C)C)no2)cc1. The molecular formula is C22H26N4O3. The molecule has 0 bridgehead atoms. The second-order valence-corrected chi connectivity index (χ2v) is 7.26. The summed E-state index contributed by atoms with van der Waals surface area (Å²) in [6.07, 6.45) is 0. The van der Waals surface area contributed by atoms with Crippen LogP contribution in [0.1, 0.15) is 49.7 Å². The number of aromatic nitrogens is 2. The molecule has 0 radical (unpaired) electrons. The first-order chi connectivity index (χ1) is 13.9. The van der Waals surface area contributed by atoms with Crippen LogP contribution in [0.2, 0.25) is 0 Å². The van der Waals surface area contributed by atoms with Gasteiger partial charge in [0.05, 0.1) is 13.2 Å². The molecule has 3 rings (SSSR count). The maximum absolute atomic E-state index is 12.4. The number of carbonyl (C=O) groups excluding carboxylic acids is 1. The monoisotopic (exact) mass is 394 g/mol. The first-order valence-electron chi connectivity index (χ1n) is 9.53. The summed E-state index contributed by atoms with van der Waals surface area (Å²) in [6, 6.07) is 12.6. The van der Waals surface area contributed by atoms with Crippen LogP contribution >= 0.6 is 0 Å². The molecule has 3 aromatic rings. The lowest BCUT2D eigenvalue weighted by atomic mass is 10.0. The van der Waals surface area contributed by atoms with Gasteiger partial charge >= 0.3 is 6.03 Å². The van der Waals surface area contributed by atoms with Crippen molar-refractivity contribution in [2.45, 2.75) is 39.7 Å². The van der Waals surface area contributed by atoms with E-state index in [2.05, 4.69) is 20.8 Å². The Morgan fingerprint density at radius 2 is 1.83 bits per heavy atom. The lowest BCUT2D eigenvalue weighted by Gasteiger charge is -2.18. The van der Waals surface area contributed by atoms with Crippen LogP contribution < -0.4 is 15.4 Å². The van der Waals surface area contributed by atoms with E-state index in [0.29, 0.717) is 17.4 Å². The Hall–Kier alpha value is -3.35. The number of carbonyl (C=O) groups is 1. The molecule has 2 aromatic carbocycles. The second-order valence-electron chi connectivity index (χ2n) is 7.26. The maximum atomic E-state index is 12.4. The first-order valence-corrected chi connectivity index (χ1v) is 9.53. The summed E-state index contributed by atoms with van der Waals surface area (Å²) in [7, 11) is 1.62. The van der Waals surface area contributed by atoms with E-state index >= 15 is 0 Å². The molecule has 29 heavy (non-hydrogen) atoms. The van der Waals surface area contributed by atoms with Crippen molar-refractivity contribution in [3.63, 3.8) is 0 Å². The number of benzene rings is 2. The number of hydrogen-bond acceptors (Lipinski definition) is 5. The third-order valence-electron chi connectivity index (χ3n) is 4.55. The quantitative estimate of drug-likeness (QED) is 0.610. The summed E-state index contributed by atoms with van der Waals surface area (Å²) in [5.41, 5.74) is 3.49. The molecule has 2 amide bonds. The van der Waals surface area contributed by atoms with Crippen molar-refractivity contribution in [3.05, 3.63) is 59.4 Å². The molecule has 2 N–H and O–H groups in total. The Labute approximate surface area is 170 Å². The van der Waals surface area contributed by atoms with Crippen LogP contribution in [-0.2, 0) is 0 Å². The molecule has 0 fully saturated rings. The van der Waals surface area contributed by atoms with Crippen molar-refractivity contribution in [2.24, 2.45) is 0 Å². The molecule has 0 aliphatic carbocycles. The van der Waals surface area contributed by atoms with Gasteiger partial charge in [0.2, 0.25) is 0 Å². The van der Waals surface area contributed by atoms with Gasteiger partial charge in [0.25, 0.3) is 5.89 Å². The van der Waals surface area contributed by atoms with Gasteiger partial charge in [-0.1, -0.05) is 36.7 Å². The van der Waals surface area contributed by atoms with E-state index in [1.807, 2.05) is 58.0 Å². The van der Waals surface area contributed by atoms with Crippen LogP contribution in [0, 0.1) is 6.92 Å². The third kappa shape index (κ3) is 4.93. The number of nitrogens with zero attached hydrogens (tertiary/aromatic N) is 2. The highest BCUT2D eigenvalue weighted by molar-refractivity contribution is 5.89. The number of aryl methyl sites for hydroxylation is 1. The second kappa shape index (κ2) is 8.77. The standard InChI is InChI=1S/C22H26N4O3/c1-13(2)20-25-21(29-26-20)16-7-9-17(10-8-16)24-22(27)23-15(4)18-12-14(3)6-11-19(18)28-5/h6-13,15H,1-5H3,(H2,23,24,27). The largest absolute Gasteiger partial charge is 0.496 e. The number of amides is 2. The Morgan fingerprint density at radius 1 is 1.10 bits per heavy atom. The van der Waals surface area contributed by atoms with Gasteiger partial charge in [0.15, 0.2) is 5.82 Å². The van der Waals surface area contributed by atoms with E-state index in [1.54, 1.807) is 19.2 Å². The molecule has 0 aliphatic heterocycles. The molecule has 1 heterocycles. The Kier molecular flexibility index (Phi) is 6.16. The predicted octanol–water partition coefficient (Wildman–Crippen LogP) is 5.06. The lowest BCUT2D eigenvalue weighted by Crippen LogP contribution is -2.31. The average molecular weight is 394 g/mol. The van der Waals surface area contributed by atoms with Crippen LogP contribution in [0.4, 0.5) is 10.5 Å². The van der Waals surface area contributed by atoms with Gasteiger partial charge in [-0.15, -0.1) is 0 Å². The van der Waals surface area contributed by atoms with Gasteiger partial charge < -0.3 is 19.9 Å². The van der Waals surface area contributed by atoms with Gasteiger partial charge in [-0.2, -0.15) is 4.98 Å². The molecule has 1 atom stereocenters. The van der Waals surface area contributed by atoms with Crippen molar-refractivity contribution in [3.8, 4) is 17.2 Å². The average Bonchev–Trinajstić information content (AvgIpc) is 3.19. The lowest BCUT2D eigenvalue weighted by molar-refractivity contribution is 0.249. The minimum absolute atomic E-state index is 0.200. The van der Waals surface area contributed by atoms with Crippen LogP contribution in [-0.4, -0.2) is 23.3 Å². The summed E-state index contributed by atoms with van der Waals surface area (Å²) in [6.45, 7) is 7.94. The fourth-order valence-corrected chi connectivity index (χ4v) is 2.92. The zero-order valence-electron chi connectivity index (χ0n) is 17.3. The number of anilines is 1. The van der Waals surface area contributed by atoms with Crippen molar-refractivity contribution in [1.29, 1.82) is 0 Å². The molecule has 7 nitrogen and oxygen atoms in total. The van der Waals surface area contributed by atoms with E-state index in [9.17, 15) is 4.79 Å². The minimum Gasteiger partial charge on any atom is -0.496 e. The van der Waals surface area contributed by atoms with Gasteiger partial charge in [-0.3, -0.25) is 0 Å². The molecule has 0 aliphatic rings. The van der Waals surface area contributed by atoms with E-state index in [1.165, 1.54) is 0 Å². The number of methoxy groups -OCH3 is 1. The molecule has 152 valence electrons. The molecule has 1 unspecified atom stereocenters. The van der Waals surface area contributed by atoms with Gasteiger partial charge in [0, 0.05) is 22.7 Å².